The lowest BCUT2D eigenvalue weighted by Crippen LogP contribution is -2.03. The topological polar surface area (TPSA) is 9.23 Å². The summed E-state index contributed by atoms with van der Waals surface area (Å²) in [5.74, 6) is 0.553. The van der Waals surface area contributed by atoms with Crippen LogP contribution < -0.4 is 4.74 Å². The summed E-state index contributed by atoms with van der Waals surface area (Å²) in [4.78, 5) is 0.160. The Labute approximate surface area is 125 Å². The summed E-state index contributed by atoms with van der Waals surface area (Å²) in [6, 6.07) is 11.9. The van der Waals surface area contributed by atoms with E-state index in [-0.39, 0.29) is 10.7 Å². The predicted octanol–water partition coefficient (Wildman–Crippen LogP) is 5.25. The molecular weight excluding hydrogens is 319 g/mol. The van der Waals surface area contributed by atoms with Crippen molar-refractivity contribution < 1.29 is 9.13 Å². The van der Waals surface area contributed by atoms with Crippen molar-refractivity contribution in [3.05, 3.63) is 59.9 Å². The molecule has 1 atom stereocenters. The lowest BCUT2D eigenvalue weighted by atomic mass is 9.93. The first-order valence-electron chi connectivity index (χ1n) is 6.47. The number of fused-ring (bicyclic) bond motifs is 1. The second-order valence-corrected chi connectivity index (χ2v) is 5.95. The molecule has 1 aliphatic rings. The van der Waals surface area contributed by atoms with Crippen LogP contribution in [-0.2, 0) is 0 Å². The van der Waals surface area contributed by atoms with E-state index in [2.05, 4.69) is 15.9 Å². The highest BCUT2D eigenvalue weighted by Gasteiger charge is 2.20. The molecule has 3 rings (SSSR count). The smallest absolute Gasteiger partial charge is 0.134 e. The van der Waals surface area contributed by atoms with Gasteiger partial charge in [-0.1, -0.05) is 58.4 Å². The zero-order valence-corrected chi connectivity index (χ0v) is 12.7. The number of rotatable bonds is 2. The van der Waals surface area contributed by atoms with Crippen LogP contribution in [0.1, 0.15) is 12.0 Å². The SMILES string of the molecule is COc1c(C2=C(F)C=CC(Br)C2)ccc2ccccc12. The molecule has 0 bridgehead atoms. The van der Waals surface area contributed by atoms with Gasteiger partial charge in [0, 0.05) is 21.3 Å². The van der Waals surface area contributed by atoms with Crippen LogP contribution >= 0.6 is 15.9 Å². The highest BCUT2D eigenvalue weighted by molar-refractivity contribution is 9.09. The highest BCUT2D eigenvalue weighted by Crippen LogP contribution is 2.40. The number of hydrogen-bond donors (Lipinski definition) is 0. The van der Waals surface area contributed by atoms with E-state index < -0.39 is 0 Å². The van der Waals surface area contributed by atoms with Crippen molar-refractivity contribution in [3.8, 4) is 5.75 Å². The van der Waals surface area contributed by atoms with Crippen LogP contribution in [0.5, 0.6) is 5.75 Å². The molecule has 2 aromatic rings. The molecule has 0 N–H and O–H groups in total. The van der Waals surface area contributed by atoms with Gasteiger partial charge in [-0.3, -0.25) is 0 Å². The van der Waals surface area contributed by atoms with Gasteiger partial charge in [-0.15, -0.1) is 0 Å². The molecular formula is C17H14BrFO. The Balaban J connectivity index is 2.24. The van der Waals surface area contributed by atoms with Crippen LogP contribution in [0.25, 0.3) is 16.3 Å². The van der Waals surface area contributed by atoms with Crippen molar-refractivity contribution >= 4 is 32.3 Å². The molecule has 0 aliphatic heterocycles. The Bertz CT molecular complexity index is 718. The quantitative estimate of drug-likeness (QED) is 0.682. The number of ether oxygens (including phenoxy) is 1. The molecule has 0 radical (unpaired) electrons. The molecule has 0 spiro atoms. The van der Waals surface area contributed by atoms with E-state index in [9.17, 15) is 4.39 Å². The zero-order chi connectivity index (χ0) is 14.1. The van der Waals surface area contributed by atoms with Gasteiger partial charge in [0.05, 0.1) is 7.11 Å². The van der Waals surface area contributed by atoms with Crippen molar-refractivity contribution in [2.75, 3.05) is 7.11 Å². The second kappa shape index (κ2) is 5.41. The Morgan fingerprint density at radius 1 is 1.20 bits per heavy atom. The van der Waals surface area contributed by atoms with Crippen molar-refractivity contribution in [2.45, 2.75) is 11.2 Å². The molecule has 1 aliphatic carbocycles. The van der Waals surface area contributed by atoms with Crippen molar-refractivity contribution in [2.24, 2.45) is 0 Å². The lowest BCUT2D eigenvalue weighted by Gasteiger charge is -2.19. The molecule has 1 nitrogen and oxygen atoms in total. The number of benzene rings is 2. The van der Waals surface area contributed by atoms with Gasteiger partial charge >= 0.3 is 0 Å². The first kappa shape index (κ1) is 13.4. The van der Waals surface area contributed by atoms with Crippen molar-refractivity contribution in [1.29, 1.82) is 0 Å². The summed E-state index contributed by atoms with van der Waals surface area (Å²) in [5, 5.41) is 2.10. The molecule has 0 saturated heterocycles. The first-order chi connectivity index (χ1) is 9.70. The highest BCUT2D eigenvalue weighted by atomic mass is 79.9. The normalized spacial score (nSPS) is 18.6. The molecule has 1 unspecified atom stereocenters. The van der Waals surface area contributed by atoms with Gasteiger partial charge in [0.25, 0.3) is 0 Å². The maximum Gasteiger partial charge on any atom is 0.134 e. The fourth-order valence-electron chi connectivity index (χ4n) is 2.59. The van der Waals surface area contributed by atoms with Gasteiger partial charge in [-0.05, 0) is 17.9 Å². The minimum absolute atomic E-state index is 0.160. The molecule has 0 saturated carbocycles. The van der Waals surface area contributed by atoms with Crippen molar-refractivity contribution in [3.63, 3.8) is 0 Å². The molecule has 102 valence electrons. The van der Waals surface area contributed by atoms with Gasteiger partial charge in [0.15, 0.2) is 0 Å². The van der Waals surface area contributed by atoms with Crippen LogP contribution in [0.4, 0.5) is 4.39 Å². The average molecular weight is 333 g/mol. The van der Waals surface area contributed by atoms with Crippen LogP contribution in [0.3, 0.4) is 0 Å². The van der Waals surface area contributed by atoms with E-state index >= 15 is 0 Å². The Kier molecular flexibility index (Phi) is 3.62. The van der Waals surface area contributed by atoms with Crippen molar-refractivity contribution in [1.82, 2.24) is 0 Å². The molecule has 0 amide bonds. The monoisotopic (exact) mass is 332 g/mol. The van der Waals surface area contributed by atoms with Gasteiger partial charge < -0.3 is 4.74 Å². The van der Waals surface area contributed by atoms with Crippen LogP contribution in [-0.4, -0.2) is 11.9 Å². The maximum atomic E-state index is 14.1. The number of hydrogen-bond acceptors (Lipinski definition) is 1. The largest absolute Gasteiger partial charge is 0.495 e. The second-order valence-electron chi connectivity index (χ2n) is 4.77. The number of alkyl halides is 1. The third-order valence-electron chi connectivity index (χ3n) is 3.55. The Hall–Kier alpha value is -1.61. The first-order valence-corrected chi connectivity index (χ1v) is 7.39. The number of allylic oxidation sites excluding steroid dienone is 4. The fraction of sp³-hybridized carbons (Fsp3) is 0.176. The third kappa shape index (κ3) is 2.27. The van der Waals surface area contributed by atoms with Crippen LogP contribution in [0.2, 0.25) is 0 Å². The van der Waals surface area contributed by atoms with Gasteiger partial charge in [-0.25, -0.2) is 4.39 Å². The van der Waals surface area contributed by atoms with Gasteiger partial charge in [0.1, 0.15) is 11.6 Å². The molecule has 0 heterocycles. The Morgan fingerprint density at radius 3 is 2.80 bits per heavy atom. The molecule has 3 heteroatoms. The van der Waals surface area contributed by atoms with E-state index in [4.69, 9.17) is 4.74 Å². The molecule has 2 aromatic carbocycles. The minimum Gasteiger partial charge on any atom is -0.495 e. The molecule has 0 aromatic heterocycles. The number of methoxy groups -OCH3 is 1. The van der Waals surface area contributed by atoms with Gasteiger partial charge in [-0.2, -0.15) is 0 Å². The van der Waals surface area contributed by atoms with E-state index in [0.717, 1.165) is 22.1 Å². The van der Waals surface area contributed by atoms with Crippen LogP contribution in [0, 0.1) is 0 Å². The van der Waals surface area contributed by atoms with E-state index in [1.807, 2.05) is 42.5 Å². The van der Waals surface area contributed by atoms with Gasteiger partial charge in [0.2, 0.25) is 0 Å². The summed E-state index contributed by atoms with van der Waals surface area (Å²) in [7, 11) is 1.63. The predicted molar refractivity (Wildman–Crippen MR) is 85.0 cm³/mol. The van der Waals surface area contributed by atoms with Crippen LogP contribution in [0.15, 0.2) is 54.4 Å². The summed E-state index contributed by atoms with van der Waals surface area (Å²) in [6.07, 6.45) is 3.97. The van der Waals surface area contributed by atoms with E-state index in [1.54, 1.807) is 7.11 Å². The molecule has 20 heavy (non-hydrogen) atoms. The summed E-state index contributed by atoms with van der Waals surface area (Å²) >= 11 is 3.52. The zero-order valence-electron chi connectivity index (χ0n) is 11.1. The maximum absolute atomic E-state index is 14.1. The van der Waals surface area contributed by atoms with E-state index in [1.165, 1.54) is 6.08 Å². The summed E-state index contributed by atoms with van der Waals surface area (Å²) in [6.45, 7) is 0. The summed E-state index contributed by atoms with van der Waals surface area (Å²) in [5.41, 5.74) is 1.52. The lowest BCUT2D eigenvalue weighted by molar-refractivity contribution is 0.418. The summed E-state index contributed by atoms with van der Waals surface area (Å²) < 4.78 is 19.7. The van der Waals surface area contributed by atoms with E-state index in [0.29, 0.717) is 12.0 Å². The minimum atomic E-state index is -0.186. The average Bonchev–Trinajstić information content (AvgIpc) is 2.48. The number of halogens is 2. The fourth-order valence-corrected chi connectivity index (χ4v) is 3.07. The Morgan fingerprint density at radius 2 is 2.00 bits per heavy atom. The third-order valence-corrected chi connectivity index (χ3v) is 4.18. The standard InChI is InChI=1S/C17H14BrFO/c1-20-17-13-5-3-2-4-11(13)6-8-14(17)15-10-12(18)7-9-16(15)19/h2-9,12H,10H2,1H3. The molecule has 0 fully saturated rings.